The molecule has 0 bridgehead atoms. The average molecular weight is 340 g/mol. The largest absolute Gasteiger partial charge is 0.375 e. The van der Waals surface area contributed by atoms with E-state index in [-0.39, 0.29) is 17.5 Å². The number of nitrogens with one attached hydrogen (secondary N) is 1. The zero-order chi connectivity index (χ0) is 16.2. The fourth-order valence-corrected chi connectivity index (χ4v) is 3.31. The number of benzene rings is 2. The molecule has 0 aromatic heterocycles. The summed E-state index contributed by atoms with van der Waals surface area (Å²) in [6, 6.07) is 13.8. The first-order valence-electron chi connectivity index (χ1n) is 6.77. The molecule has 6 heteroatoms. The molecule has 118 valence electrons. The van der Waals surface area contributed by atoms with Crippen molar-refractivity contribution in [2.45, 2.75) is 17.9 Å². The highest BCUT2D eigenvalue weighted by molar-refractivity contribution is 7.89. The Hall–Kier alpha value is -1.40. The summed E-state index contributed by atoms with van der Waals surface area (Å²) >= 11 is 5.77. The van der Waals surface area contributed by atoms with Crippen LogP contribution in [0.5, 0.6) is 0 Å². The lowest BCUT2D eigenvalue weighted by Crippen LogP contribution is -2.29. The molecule has 2 aromatic rings. The molecule has 0 radical (unpaired) electrons. The molecule has 1 N–H and O–H groups in total. The summed E-state index contributed by atoms with van der Waals surface area (Å²) in [5.41, 5.74) is 2.02. The van der Waals surface area contributed by atoms with E-state index >= 15 is 0 Å². The molecule has 0 saturated carbocycles. The van der Waals surface area contributed by atoms with Crippen molar-refractivity contribution in [2.75, 3.05) is 13.7 Å². The Kier molecular flexibility index (Phi) is 5.58. The topological polar surface area (TPSA) is 55.4 Å². The van der Waals surface area contributed by atoms with Crippen molar-refractivity contribution in [3.63, 3.8) is 0 Å². The van der Waals surface area contributed by atoms with Gasteiger partial charge >= 0.3 is 0 Å². The number of rotatable bonds is 6. The number of hydrogen-bond acceptors (Lipinski definition) is 3. The lowest BCUT2D eigenvalue weighted by molar-refractivity contribution is 0.107. The van der Waals surface area contributed by atoms with Gasteiger partial charge in [-0.15, -0.1) is 0 Å². The minimum atomic E-state index is -3.59. The van der Waals surface area contributed by atoms with Crippen LogP contribution in [0.1, 0.15) is 17.2 Å². The van der Waals surface area contributed by atoms with Crippen molar-refractivity contribution in [2.24, 2.45) is 0 Å². The molecule has 0 fully saturated rings. The molecule has 22 heavy (non-hydrogen) atoms. The first-order chi connectivity index (χ1) is 10.4. The van der Waals surface area contributed by atoms with E-state index in [9.17, 15) is 8.42 Å². The van der Waals surface area contributed by atoms with Crippen molar-refractivity contribution in [3.8, 4) is 0 Å². The number of methoxy groups -OCH3 is 1. The smallest absolute Gasteiger partial charge is 0.240 e. The molecule has 0 heterocycles. The van der Waals surface area contributed by atoms with Crippen LogP contribution in [0.2, 0.25) is 5.02 Å². The van der Waals surface area contributed by atoms with Crippen molar-refractivity contribution in [1.82, 2.24) is 4.72 Å². The van der Waals surface area contributed by atoms with E-state index in [1.54, 1.807) is 19.2 Å². The van der Waals surface area contributed by atoms with Gasteiger partial charge < -0.3 is 4.74 Å². The molecule has 0 aliphatic carbocycles. The van der Waals surface area contributed by atoms with E-state index in [0.29, 0.717) is 5.02 Å². The predicted molar refractivity (Wildman–Crippen MR) is 87.6 cm³/mol. The number of aryl methyl sites for hydroxylation is 1. The summed E-state index contributed by atoms with van der Waals surface area (Å²) in [6.45, 7) is 2.13. The van der Waals surface area contributed by atoms with E-state index in [4.69, 9.17) is 16.3 Å². The van der Waals surface area contributed by atoms with Crippen LogP contribution in [0.4, 0.5) is 0 Å². The summed E-state index contributed by atoms with van der Waals surface area (Å²) in [6.07, 6.45) is -0.344. The van der Waals surface area contributed by atoms with Gasteiger partial charge in [0, 0.05) is 18.7 Å². The normalized spacial score (nSPS) is 13.0. The lowest BCUT2D eigenvalue weighted by Gasteiger charge is -2.18. The highest BCUT2D eigenvalue weighted by Gasteiger charge is 2.18. The zero-order valence-electron chi connectivity index (χ0n) is 12.4. The molecule has 0 amide bonds. The number of hydrogen-bond donors (Lipinski definition) is 1. The van der Waals surface area contributed by atoms with Gasteiger partial charge in [-0.05, 0) is 42.3 Å². The minimum absolute atomic E-state index is 0.159. The molecule has 0 aliphatic rings. The molecule has 4 nitrogen and oxygen atoms in total. The highest BCUT2D eigenvalue weighted by Crippen LogP contribution is 2.21. The van der Waals surface area contributed by atoms with Gasteiger partial charge in [-0.25, -0.2) is 13.1 Å². The van der Waals surface area contributed by atoms with Crippen LogP contribution in [-0.2, 0) is 14.8 Å². The second-order valence-electron chi connectivity index (χ2n) is 4.89. The second-order valence-corrected chi connectivity index (χ2v) is 7.09. The van der Waals surface area contributed by atoms with Gasteiger partial charge in [0.15, 0.2) is 0 Å². The third kappa shape index (κ3) is 4.08. The fraction of sp³-hybridized carbons (Fsp3) is 0.250. The molecule has 1 atom stereocenters. The minimum Gasteiger partial charge on any atom is -0.375 e. The fourth-order valence-electron chi connectivity index (χ4n) is 2.15. The molecule has 2 aromatic carbocycles. The van der Waals surface area contributed by atoms with Crippen molar-refractivity contribution in [1.29, 1.82) is 0 Å². The Balaban J connectivity index is 2.13. The summed E-state index contributed by atoms with van der Waals surface area (Å²) in [5, 5.41) is 0.494. The number of sulfonamides is 1. The molecule has 1 unspecified atom stereocenters. The quantitative estimate of drug-likeness (QED) is 0.878. The van der Waals surface area contributed by atoms with Crippen LogP contribution < -0.4 is 4.72 Å². The molecular weight excluding hydrogens is 322 g/mol. The number of ether oxygens (including phenoxy) is 1. The maximum absolute atomic E-state index is 12.3. The average Bonchev–Trinajstić information content (AvgIpc) is 2.50. The molecule has 0 saturated heterocycles. The van der Waals surface area contributed by atoms with Crippen molar-refractivity contribution >= 4 is 21.6 Å². The van der Waals surface area contributed by atoms with Crippen LogP contribution in [0.15, 0.2) is 53.4 Å². The summed E-state index contributed by atoms with van der Waals surface area (Å²) in [5.74, 6) is 0. The highest BCUT2D eigenvalue weighted by atomic mass is 35.5. The lowest BCUT2D eigenvalue weighted by atomic mass is 10.0. The predicted octanol–water partition coefficient (Wildman–Crippen LogP) is 3.31. The Morgan fingerprint density at radius 3 is 2.36 bits per heavy atom. The maximum atomic E-state index is 12.3. The third-order valence-electron chi connectivity index (χ3n) is 3.40. The van der Waals surface area contributed by atoms with Crippen molar-refractivity contribution < 1.29 is 13.2 Å². The van der Waals surface area contributed by atoms with Crippen LogP contribution in [0, 0.1) is 6.92 Å². The van der Waals surface area contributed by atoms with E-state index in [1.807, 2.05) is 31.2 Å². The van der Waals surface area contributed by atoms with Crippen LogP contribution >= 0.6 is 11.6 Å². The zero-order valence-corrected chi connectivity index (χ0v) is 14.0. The SMILES string of the molecule is COC(CNS(=O)(=O)c1ccc(Cl)cc1)c1ccccc1C. The van der Waals surface area contributed by atoms with E-state index in [0.717, 1.165) is 11.1 Å². The van der Waals surface area contributed by atoms with Gasteiger partial charge in [0.1, 0.15) is 0 Å². The van der Waals surface area contributed by atoms with Gasteiger partial charge in [0.05, 0.1) is 11.0 Å². The Bertz CT molecular complexity index is 729. The van der Waals surface area contributed by atoms with Gasteiger partial charge in [-0.2, -0.15) is 0 Å². The molecular formula is C16H18ClNO3S. The standard InChI is InChI=1S/C16H18ClNO3S/c1-12-5-3-4-6-15(12)16(21-2)11-18-22(19,20)14-9-7-13(17)8-10-14/h3-10,16,18H,11H2,1-2H3. The first-order valence-corrected chi connectivity index (χ1v) is 8.63. The van der Waals surface area contributed by atoms with E-state index in [2.05, 4.69) is 4.72 Å². The molecule has 2 rings (SSSR count). The summed E-state index contributed by atoms with van der Waals surface area (Å²) in [4.78, 5) is 0.177. The maximum Gasteiger partial charge on any atom is 0.240 e. The molecule has 0 aliphatic heterocycles. The van der Waals surface area contributed by atoms with Crippen LogP contribution in [-0.4, -0.2) is 22.1 Å². The second kappa shape index (κ2) is 7.24. The summed E-state index contributed by atoms with van der Waals surface area (Å²) in [7, 11) is -2.03. The van der Waals surface area contributed by atoms with Gasteiger partial charge in [0.2, 0.25) is 10.0 Å². The first kappa shape index (κ1) is 17.0. The Morgan fingerprint density at radius 2 is 1.77 bits per heavy atom. The van der Waals surface area contributed by atoms with E-state index in [1.165, 1.54) is 12.1 Å². The number of halogens is 1. The monoisotopic (exact) mass is 339 g/mol. The van der Waals surface area contributed by atoms with Crippen molar-refractivity contribution in [3.05, 3.63) is 64.7 Å². The van der Waals surface area contributed by atoms with Crippen LogP contribution in [0.25, 0.3) is 0 Å². The van der Waals surface area contributed by atoms with Gasteiger partial charge in [-0.1, -0.05) is 35.9 Å². The van der Waals surface area contributed by atoms with Gasteiger partial charge in [-0.3, -0.25) is 0 Å². The van der Waals surface area contributed by atoms with E-state index < -0.39 is 10.0 Å². The Morgan fingerprint density at radius 1 is 1.14 bits per heavy atom. The third-order valence-corrected chi connectivity index (χ3v) is 5.09. The Labute approximate surface area is 136 Å². The van der Waals surface area contributed by atoms with Crippen LogP contribution in [0.3, 0.4) is 0 Å². The summed E-state index contributed by atoms with van der Waals surface area (Å²) < 4.78 is 32.5. The molecule has 0 spiro atoms. The van der Waals surface area contributed by atoms with Gasteiger partial charge in [0.25, 0.3) is 0 Å².